The molecule has 3 nitrogen and oxygen atoms in total. The average Bonchev–Trinajstić information content (AvgIpc) is 2.73. The van der Waals surface area contributed by atoms with Crippen LogP contribution in [0, 0.1) is 5.92 Å². The van der Waals surface area contributed by atoms with Crippen LogP contribution in [0.5, 0.6) is 0 Å². The zero-order valence-electron chi connectivity index (χ0n) is 7.33. The molecule has 2 N–H and O–H groups in total. The molecule has 3 heteroatoms. The van der Waals surface area contributed by atoms with E-state index >= 15 is 0 Å². The van der Waals surface area contributed by atoms with E-state index in [1.807, 2.05) is 0 Å². The highest BCUT2D eigenvalue weighted by Gasteiger charge is 2.37. The molecule has 0 aromatic carbocycles. The first-order chi connectivity index (χ1) is 5.77. The molecule has 0 aromatic heterocycles. The molecule has 1 amide bonds. The standard InChI is InChI=1S/C9H16N2O/c10-9(12)6-11-5-1-2-8(11)7-3-4-7/h7-8H,1-6H2,(H2,10,12). The summed E-state index contributed by atoms with van der Waals surface area (Å²) in [6.45, 7) is 1.55. The van der Waals surface area contributed by atoms with E-state index in [-0.39, 0.29) is 5.91 Å². The number of rotatable bonds is 3. The zero-order valence-corrected chi connectivity index (χ0v) is 7.33. The van der Waals surface area contributed by atoms with Gasteiger partial charge in [0.25, 0.3) is 0 Å². The van der Waals surface area contributed by atoms with Gasteiger partial charge in [-0.05, 0) is 38.1 Å². The molecule has 1 atom stereocenters. The lowest BCUT2D eigenvalue weighted by Crippen LogP contribution is -2.38. The summed E-state index contributed by atoms with van der Waals surface area (Å²) < 4.78 is 0. The van der Waals surface area contributed by atoms with Crippen LogP contribution in [-0.4, -0.2) is 29.9 Å². The van der Waals surface area contributed by atoms with E-state index in [2.05, 4.69) is 4.90 Å². The third-order valence-corrected chi connectivity index (χ3v) is 2.94. The first kappa shape index (κ1) is 8.05. The van der Waals surface area contributed by atoms with Gasteiger partial charge >= 0.3 is 0 Å². The lowest BCUT2D eigenvalue weighted by Gasteiger charge is -2.22. The van der Waals surface area contributed by atoms with Crippen LogP contribution in [0.1, 0.15) is 25.7 Å². The van der Waals surface area contributed by atoms with Crippen LogP contribution in [0.4, 0.5) is 0 Å². The van der Waals surface area contributed by atoms with E-state index in [0.717, 1.165) is 12.5 Å². The molecule has 0 aromatic rings. The van der Waals surface area contributed by atoms with Crippen molar-refractivity contribution in [1.29, 1.82) is 0 Å². The predicted molar refractivity (Wildman–Crippen MR) is 46.5 cm³/mol. The van der Waals surface area contributed by atoms with Crippen molar-refractivity contribution in [3.05, 3.63) is 0 Å². The number of likely N-dealkylation sites (tertiary alicyclic amines) is 1. The summed E-state index contributed by atoms with van der Waals surface area (Å²) in [6.07, 6.45) is 5.24. The fourth-order valence-electron chi connectivity index (χ4n) is 2.26. The number of amides is 1. The fraction of sp³-hybridized carbons (Fsp3) is 0.889. The van der Waals surface area contributed by atoms with Crippen LogP contribution >= 0.6 is 0 Å². The van der Waals surface area contributed by atoms with Crippen LogP contribution in [-0.2, 0) is 4.79 Å². The van der Waals surface area contributed by atoms with Gasteiger partial charge in [-0.15, -0.1) is 0 Å². The van der Waals surface area contributed by atoms with Gasteiger partial charge < -0.3 is 5.73 Å². The minimum atomic E-state index is -0.178. The number of carbonyl (C=O) groups excluding carboxylic acids is 1. The maximum Gasteiger partial charge on any atom is 0.231 e. The van der Waals surface area contributed by atoms with Gasteiger partial charge in [0, 0.05) is 6.04 Å². The molecule has 0 spiro atoms. The van der Waals surface area contributed by atoms with Crippen molar-refractivity contribution in [2.24, 2.45) is 11.7 Å². The Hall–Kier alpha value is -0.570. The summed E-state index contributed by atoms with van der Waals surface area (Å²) in [5.74, 6) is 0.703. The molecule has 1 saturated heterocycles. The number of primary amides is 1. The molecular formula is C9H16N2O. The highest BCUT2D eigenvalue weighted by Crippen LogP contribution is 2.39. The third kappa shape index (κ3) is 1.61. The van der Waals surface area contributed by atoms with Gasteiger partial charge in [0.2, 0.25) is 5.91 Å². The molecule has 2 aliphatic rings. The van der Waals surface area contributed by atoms with E-state index in [4.69, 9.17) is 5.73 Å². The van der Waals surface area contributed by atoms with Crippen LogP contribution in [0.25, 0.3) is 0 Å². The summed E-state index contributed by atoms with van der Waals surface area (Å²) in [6, 6.07) is 0.678. The van der Waals surface area contributed by atoms with E-state index < -0.39 is 0 Å². The second-order valence-corrected chi connectivity index (χ2v) is 3.98. The van der Waals surface area contributed by atoms with Gasteiger partial charge in [0.1, 0.15) is 0 Å². The second-order valence-electron chi connectivity index (χ2n) is 3.98. The highest BCUT2D eigenvalue weighted by atomic mass is 16.1. The third-order valence-electron chi connectivity index (χ3n) is 2.94. The Morgan fingerprint density at radius 1 is 1.42 bits per heavy atom. The summed E-state index contributed by atoms with van der Waals surface area (Å²) >= 11 is 0. The topological polar surface area (TPSA) is 46.3 Å². The molecule has 12 heavy (non-hydrogen) atoms. The lowest BCUT2D eigenvalue weighted by molar-refractivity contribution is -0.119. The van der Waals surface area contributed by atoms with Crippen molar-refractivity contribution in [3.63, 3.8) is 0 Å². The van der Waals surface area contributed by atoms with Crippen molar-refractivity contribution in [1.82, 2.24) is 4.90 Å². The molecule has 1 unspecified atom stereocenters. The van der Waals surface area contributed by atoms with Gasteiger partial charge in [0.15, 0.2) is 0 Å². The van der Waals surface area contributed by atoms with Gasteiger partial charge in [-0.2, -0.15) is 0 Å². The molecule has 1 heterocycles. The number of hydrogen-bond acceptors (Lipinski definition) is 2. The number of carbonyl (C=O) groups is 1. The Kier molecular flexibility index (Phi) is 2.05. The SMILES string of the molecule is NC(=O)CN1CCCC1C1CC1. The molecule has 1 aliphatic heterocycles. The molecule has 2 fully saturated rings. The Morgan fingerprint density at radius 2 is 2.17 bits per heavy atom. The fourth-order valence-corrected chi connectivity index (χ4v) is 2.26. The van der Waals surface area contributed by atoms with Crippen molar-refractivity contribution in [2.75, 3.05) is 13.1 Å². The highest BCUT2D eigenvalue weighted by molar-refractivity contribution is 5.76. The minimum Gasteiger partial charge on any atom is -0.369 e. The lowest BCUT2D eigenvalue weighted by atomic mass is 10.1. The summed E-state index contributed by atoms with van der Waals surface area (Å²) in [7, 11) is 0. The first-order valence-corrected chi connectivity index (χ1v) is 4.80. The molecule has 68 valence electrons. The Morgan fingerprint density at radius 3 is 2.75 bits per heavy atom. The minimum absolute atomic E-state index is 0.178. The van der Waals surface area contributed by atoms with Crippen molar-refractivity contribution >= 4 is 5.91 Å². The van der Waals surface area contributed by atoms with E-state index in [0.29, 0.717) is 12.6 Å². The summed E-state index contributed by atoms with van der Waals surface area (Å²) in [4.78, 5) is 13.0. The average molecular weight is 168 g/mol. The smallest absolute Gasteiger partial charge is 0.231 e. The number of hydrogen-bond donors (Lipinski definition) is 1. The van der Waals surface area contributed by atoms with Crippen LogP contribution in [0.15, 0.2) is 0 Å². The quantitative estimate of drug-likeness (QED) is 0.660. The monoisotopic (exact) mass is 168 g/mol. The maximum atomic E-state index is 10.7. The summed E-state index contributed by atoms with van der Waals surface area (Å²) in [5.41, 5.74) is 5.17. The number of nitrogens with two attached hydrogens (primary N) is 1. The molecule has 1 aliphatic carbocycles. The Labute approximate surface area is 72.9 Å². The van der Waals surface area contributed by atoms with Crippen LogP contribution in [0.3, 0.4) is 0 Å². The second kappa shape index (κ2) is 3.05. The van der Waals surface area contributed by atoms with E-state index in [1.54, 1.807) is 0 Å². The van der Waals surface area contributed by atoms with Gasteiger partial charge in [-0.3, -0.25) is 9.69 Å². The van der Waals surface area contributed by atoms with Gasteiger partial charge in [-0.1, -0.05) is 0 Å². The molecule has 1 saturated carbocycles. The van der Waals surface area contributed by atoms with Crippen LogP contribution < -0.4 is 5.73 Å². The van der Waals surface area contributed by atoms with Crippen molar-refractivity contribution in [2.45, 2.75) is 31.7 Å². The normalized spacial score (nSPS) is 30.8. The van der Waals surface area contributed by atoms with Crippen molar-refractivity contribution in [3.8, 4) is 0 Å². The summed E-state index contributed by atoms with van der Waals surface area (Å²) in [5, 5.41) is 0. The number of nitrogens with zero attached hydrogens (tertiary/aromatic N) is 1. The van der Waals surface area contributed by atoms with E-state index in [1.165, 1.54) is 25.7 Å². The predicted octanol–water partition coefficient (Wildman–Crippen LogP) is 0.346. The Balaban J connectivity index is 1.89. The van der Waals surface area contributed by atoms with Crippen LogP contribution in [0.2, 0.25) is 0 Å². The zero-order chi connectivity index (χ0) is 8.55. The van der Waals surface area contributed by atoms with Gasteiger partial charge in [-0.25, -0.2) is 0 Å². The Bertz CT molecular complexity index is 189. The largest absolute Gasteiger partial charge is 0.369 e. The molecular weight excluding hydrogens is 152 g/mol. The molecule has 2 rings (SSSR count). The maximum absolute atomic E-state index is 10.7. The molecule has 0 bridgehead atoms. The van der Waals surface area contributed by atoms with Gasteiger partial charge in [0.05, 0.1) is 6.54 Å². The first-order valence-electron chi connectivity index (χ1n) is 4.80. The van der Waals surface area contributed by atoms with Crippen molar-refractivity contribution < 1.29 is 4.79 Å². The molecule has 0 radical (unpaired) electrons. The van der Waals surface area contributed by atoms with E-state index in [9.17, 15) is 4.79 Å².